The molecule has 1 aromatic heterocycles. The summed E-state index contributed by atoms with van der Waals surface area (Å²) in [6.07, 6.45) is 1.60. The molecule has 9 nitrogen and oxygen atoms in total. The van der Waals surface area contributed by atoms with Gasteiger partial charge in [-0.3, -0.25) is 4.90 Å². The second-order valence-corrected chi connectivity index (χ2v) is 8.66. The second-order valence-electron chi connectivity index (χ2n) is 6.78. The van der Waals surface area contributed by atoms with Gasteiger partial charge in [-0.2, -0.15) is 0 Å². The number of nitrogens with one attached hydrogen (secondary N) is 2. The van der Waals surface area contributed by atoms with Crippen molar-refractivity contribution in [2.24, 2.45) is 4.99 Å². The predicted molar refractivity (Wildman–Crippen MR) is 111 cm³/mol. The first-order valence-electron chi connectivity index (χ1n) is 9.69. The zero-order chi connectivity index (χ0) is 20.7. The van der Waals surface area contributed by atoms with Crippen LogP contribution in [0.3, 0.4) is 0 Å². The summed E-state index contributed by atoms with van der Waals surface area (Å²) in [4.78, 5) is 9.59. The Hall–Kier alpha value is -2.43. The summed E-state index contributed by atoms with van der Waals surface area (Å²) in [5, 5.41) is 7.33. The van der Waals surface area contributed by atoms with Gasteiger partial charge >= 0.3 is 0 Å². The highest BCUT2D eigenvalue weighted by molar-refractivity contribution is 7.89. The lowest BCUT2D eigenvalue weighted by molar-refractivity contribution is 0.169. The van der Waals surface area contributed by atoms with Crippen LogP contribution in [-0.4, -0.2) is 69.1 Å². The fourth-order valence-electron chi connectivity index (χ4n) is 3.15. The zero-order valence-corrected chi connectivity index (χ0v) is 17.7. The van der Waals surface area contributed by atoms with E-state index in [1.165, 1.54) is 7.05 Å². The van der Waals surface area contributed by atoms with Crippen LogP contribution in [0.5, 0.6) is 0 Å². The van der Waals surface area contributed by atoms with Crippen molar-refractivity contribution in [2.75, 3.05) is 39.8 Å². The molecule has 0 spiro atoms. The predicted octanol–water partition coefficient (Wildman–Crippen LogP) is 0.866. The quantitative estimate of drug-likeness (QED) is 0.506. The van der Waals surface area contributed by atoms with Gasteiger partial charge in [0.25, 0.3) is 0 Å². The molecule has 158 valence electrons. The molecule has 0 radical (unpaired) electrons. The van der Waals surface area contributed by atoms with Gasteiger partial charge in [0, 0.05) is 45.3 Å². The number of hydrogen-bond acceptors (Lipinski definition) is 6. The lowest BCUT2D eigenvalue weighted by Gasteiger charge is -2.36. The number of guanidine groups is 1. The third kappa shape index (κ3) is 5.78. The highest BCUT2D eigenvalue weighted by Crippen LogP contribution is 2.12. The topological polar surface area (TPSA) is 103 Å². The number of piperazine rings is 1. The monoisotopic (exact) mass is 420 g/mol. The van der Waals surface area contributed by atoms with Gasteiger partial charge in [-0.1, -0.05) is 17.3 Å². The molecule has 1 aliphatic heterocycles. The third-order valence-electron chi connectivity index (χ3n) is 4.80. The molecule has 10 heteroatoms. The third-order valence-corrected chi connectivity index (χ3v) is 6.23. The van der Waals surface area contributed by atoms with E-state index in [-0.39, 0.29) is 4.90 Å². The summed E-state index contributed by atoms with van der Waals surface area (Å²) in [5.41, 5.74) is 1.91. The highest BCUT2D eigenvalue weighted by Gasteiger charge is 2.20. The minimum Gasteiger partial charge on any atom is -0.364 e. The molecule has 2 heterocycles. The molecule has 0 saturated carbocycles. The maximum atomic E-state index is 11.8. The lowest BCUT2D eigenvalue weighted by atomic mass is 10.2. The number of hydrogen-bond donors (Lipinski definition) is 2. The van der Waals surface area contributed by atoms with E-state index in [0.29, 0.717) is 6.54 Å². The van der Waals surface area contributed by atoms with E-state index >= 15 is 0 Å². The average molecular weight is 421 g/mol. The normalized spacial score (nSPS) is 16.2. The van der Waals surface area contributed by atoms with Gasteiger partial charge in [-0.15, -0.1) is 0 Å². The van der Waals surface area contributed by atoms with Crippen molar-refractivity contribution >= 4 is 16.0 Å². The lowest BCUT2D eigenvalue weighted by Crippen LogP contribution is -2.52. The van der Waals surface area contributed by atoms with E-state index in [0.717, 1.165) is 56.5 Å². The van der Waals surface area contributed by atoms with E-state index < -0.39 is 10.0 Å². The SMILES string of the molecule is CCNC(=NCc1ccc(S(=O)(=O)NC)cc1)N1CCN(Cc2ccon2)CC1. The van der Waals surface area contributed by atoms with Crippen molar-refractivity contribution in [3.8, 4) is 0 Å². The van der Waals surface area contributed by atoms with Gasteiger partial charge in [0.2, 0.25) is 10.0 Å². The number of nitrogens with zero attached hydrogens (tertiary/aromatic N) is 4. The van der Waals surface area contributed by atoms with Gasteiger partial charge in [-0.25, -0.2) is 18.1 Å². The van der Waals surface area contributed by atoms with Crippen molar-refractivity contribution in [3.63, 3.8) is 0 Å². The van der Waals surface area contributed by atoms with E-state index in [1.54, 1.807) is 30.5 Å². The minimum absolute atomic E-state index is 0.253. The van der Waals surface area contributed by atoms with Crippen molar-refractivity contribution in [1.82, 2.24) is 25.0 Å². The second kappa shape index (κ2) is 9.86. The Morgan fingerprint density at radius 1 is 1.17 bits per heavy atom. The Bertz CT molecular complexity index is 889. The number of rotatable bonds is 7. The first-order valence-corrected chi connectivity index (χ1v) is 11.2. The maximum Gasteiger partial charge on any atom is 0.240 e. The summed E-state index contributed by atoms with van der Waals surface area (Å²) in [6, 6.07) is 8.70. The molecule has 1 aromatic carbocycles. The standard InChI is InChI=1S/C19H28N6O3S/c1-3-21-19(22-14-16-4-6-18(7-5-16)29(26,27)20-2)25-11-9-24(10-12-25)15-17-8-13-28-23-17/h4-8,13,20H,3,9-12,14-15H2,1-2H3,(H,21,22). The molecule has 29 heavy (non-hydrogen) atoms. The Balaban J connectivity index is 1.58. The molecule has 1 aliphatic rings. The van der Waals surface area contributed by atoms with Crippen LogP contribution in [0.1, 0.15) is 18.2 Å². The van der Waals surface area contributed by atoms with E-state index in [9.17, 15) is 8.42 Å². The Morgan fingerprint density at radius 2 is 1.90 bits per heavy atom. The van der Waals surface area contributed by atoms with Crippen LogP contribution in [-0.2, 0) is 23.1 Å². The smallest absolute Gasteiger partial charge is 0.240 e. The van der Waals surface area contributed by atoms with Crippen LogP contribution in [0, 0.1) is 0 Å². The zero-order valence-electron chi connectivity index (χ0n) is 16.8. The van der Waals surface area contributed by atoms with Crippen LogP contribution in [0.15, 0.2) is 51.0 Å². The molecule has 0 aliphatic carbocycles. The maximum absolute atomic E-state index is 11.8. The first-order chi connectivity index (χ1) is 14.0. The molecule has 0 bridgehead atoms. The molecule has 2 N–H and O–H groups in total. The van der Waals surface area contributed by atoms with Crippen LogP contribution < -0.4 is 10.0 Å². The van der Waals surface area contributed by atoms with Gasteiger partial charge in [0.15, 0.2) is 5.96 Å². The number of benzene rings is 1. The molecule has 0 amide bonds. The fraction of sp³-hybridized carbons (Fsp3) is 0.474. The van der Waals surface area contributed by atoms with Crippen molar-refractivity contribution in [2.45, 2.75) is 24.9 Å². The summed E-state index contributed by atoms with van der Waals surface area (Å²) in [6.45, 7) is 7.72. The molecular formula is C19H28N6O3S. The first kappa shape index (κ1) is 21.3. The summed E-state index contributed by atoms with van der Waals surface area (Å²) in [7, 11) is -2.01. The molecule has 0 atom stereocenters. The van der Waals surface area contributed by atoms with E-state index in [1.807, 2.05) is 13.0 Å². The summed E-state index contributed by atoms with van der Waals surface area (Å²) < 4.78 is 30.9. The fourth-order valence-corrected chi connectivity index (χ4v) is 3.88. The largest absolute Gasteiger partial charge is 0.364 e. The Kier molecular flexibility index (Phi) is 7.24. The summed E-state index contributed by atoms with van der Waals surface area (Å²) >= 11 is 0. The van der Waals surface area contributed by atoms with Crippen LogP contribution in [0.25, 0.3) is 0 Å². The molecule has 1 fully saturated rings. The van der Waals surface area contributed by atoms with Crippen LogP contribution >= 0.6 is 0 Å². The van der Waals surface area contributed by atoms with Crippen molar-refractivity contribution < 1.29 is 12.9 Å². The molecule has 1 saturated heterocycles. The number of sulfonamides is 1. The average Bonchev–Trinajstić information content (AvgIpc) is 3.25. The molecule has 3 rings (SSSR count). The van der Waals surface area contributed by atoms with Crippen molar-refractivity contribution in [1.29, 1.82) is 0 Å². The highest BCUT2D eigenvalue weighted by atomic mass is 32.2. The van der Waals surface area contributed by atoms with E-state index in [4.69, 9.17) is 9.52 Å². The Morgan fingerprint density at radius 3 is 2.48 bits per heavy atom. The molecular weight excluding hydrogens is 392 g/mol. The molecule has 2 aromatic rings. The van der Waals surface area contributed by atoms with Crippen LogP contribution in [0.2, 0.25) is 0 Å². The minimum atomic E-state index is -3.42. The molecule has 0 unspecified atom stereocenters. The van der Waals surface area contributed by atoms with Crippen LogP contribution in [0.4, 0.5) is 0 Å². The van der Waals surface area contributed by atoms with E-state index in [2.05, 4.69) is 25.0 Å². The van der Waals surface area contributed by atoms with Gasteiger partial charge in [-0.05, 0) is 31.7 Å². The van der Waals surface area contributed by atoms with Gasteiger partial charge in [0.05, 0.1) is 17.1 Å². The van der Waals surface area contributed by atoms with Gasteiger partial charge in [0.1, 0.15) is 6.26 Å². The number of aromatic nitrogens is 1. The van der Waals surface area contributed by atoms with Crippen molar-refractivity contribution in [3.05, 3.63) is 47.9 Å². The Labute approximate surface area is 171 Å². The number of aliphatic imine (C=N–C) groups is 1. The summed E-state index contributed by atoms with van der Waals surface area (Å²) in [5.74, 6) is 0.875. The van der Waals surface area contributed by atoms with Gasteiger partial charge < -0.3 is 14.7 Å².